The van der Waals surface area contributed by atoms with Crippen LogP contribution in [0.2, 0.25) is 0 Å². The largest absolute Gasteiger partial charge is 0.362 e. The normalized spacial score (nSPS) is 19.4. The highest BCUT2D eigenvalue weighted by molar-refractivity contribution is 7.09. The lowest BCUT2D eigenvalue weighted by atomic mass is 9.86. The molecule has 1 aliphatic carbocycles. The summed E-state index contributed by atoms with van der Waals surface area (Å²) in [5.41, 5.74) is 0.998. The summed E-state index contributed by atoms with van der Waals surface area (Å²) in [4.78, 5) is 13.1. The van der Waals surface area contributed by atoms with Gasteiger partial charge in [-0.25, -0.2) is 4.98 Å². The molecule has 3 aromatic rings. The standard InChI is InChI=1S/C23H31N5S/c1-28(2)22-20-7-3-4-8-21(20)26-23(27-22)25-18-11-9-17(10-12-18)16-24-14-13-19-6-5-15-29-19/h3-8,15,17-18,24H,9-14,16H2,1-2H3,(H,25,26,27). The van der Waals surface area contributed by atoms with Crippen LogP contribution in [0, 0.1) is 5.92 Å². The highest BCUT2D eigenvalue weighted by atomic mass is 32.1. The van der Waals surface area contributed by atoms with Crippen LogP contribution in [-0.2, 0) is 6.42 Å². The number of hydrogen-bond acceptors (Lipinski definition) is 6. The van der Waals surface area contributed by atoms with Crippen LogP contribution >= 0.6 is 11.3 Å². The Morgan fingerprint density at radius 2 is 1.86 bits per heavy atom. The molecule has 0 spiro atoms. The van der Waals surface area contributed by atoms with Crippen LogP contribution in [0.15, 0.2) is 41.8 Å². The van der Waals surface area contributed by atoms with Crippen LogP contribution in [0.1, 0.15) is 30.6 Å². The number of anilines is 2. The van der Waals surface area contributed by atoms with Crippen LogP contribution in [0.4, 0.5) is 11.8 Å². The van der Waals surface area contributed by atoms with Gasteiger partial charge in [-0.2, -0.15) is 4.98 Å². The van der Waals surface area contributed by atoms with Gasteiger partial charge in [0.05, 0.1) is 5.52 Å². The fourth-order valence-electron chi connectivity index (χ4n) is 4.13. The Balaban J connectivity index is 1.27. The molecule has 154 valence electrons. The van der Waals surface area contributed by atoms with Crippen molar-refractivity contribution in [3.63, 3.8) is 0 Å². The van der Waals surface area contributed by atoms with Gasteiger partial charge in [0.15, 0.2) is 0 Å². The van der Waals surface area contributed by atoms with Crippen molar-refractivity contribution >= 4 is 34.0 Å². The second-order valence-electron chi connectivity index (χ2n) is 8.18. The summed E-state index contributed by atoms with van der Waals surface area (Å²) in [6, 6.07) is 13.1. The van der Waals surface area contributed by atoms with E-state index in [1.807, 2.05) is 37.6 Å². The van der Waals surface area contributed by atoms with Crippen LogP contribution in [0.5, 0.6) is 0 Å². The highest BCUT2D eigenvalue weighted by Crippen LogP contribution is 2.28. The lowest BCUT2D eigenvalue weighted by molar-refractivity contribution is 0.325. The maximum absolute atomic E-state index is 4.79. The zero-order valence-corrected chi connectivity index (χ0v) is 18.2. The first-order chi connectivity index (χ1) is 14.2. The summed E-state index contributed by atoms with van der Waals surface area (Å²) in [5, 5.41) is 10.5. The molecule has 2 N–H and O–H groups in total. The Bertz CT molecular complexity index is 901. The zero-order valence-electron chi connectivity index (χ0n) is 17.4. The first-order valence-corrected chi connectivity index (χ1v) is 11.5. The molecule has 29 heavy (non-hydrogen) atoms. The molecule has 6 heteroatoms. The second kappa shape index (κ2) is 9.55. The topological polar surface area (TPSA) is 53.1 Å². The summed E-state index contributed by atoms with van der Waals surface area (Å²) in [6.45, 7) is 2.21. The quantitative estimate of drug-likeness (QED) is 0.534. The Morgan fingerprint density at radius 3 is 2.62 bits per heavy atom. The van der Waals surface area contributed by atoms with Gasteiger partial charge in [-0.3, -0.25) is 0 Å². The average Bonchev–Trinajstić information content (AvgIpc) is 3.25. The molecule has 0 amide bonds. The lowest BCUT2D eigenvalue weighted by Crippen LogP contribution is -2.32. The summed E-state index contributed by atoms with van der Waals surface area (Å²) in [5.74, 6) is 2.51. The number of rotatable bonds is 8. The van der Waals surface area contributed by atoms with Crippen molar-refractivity contribution < 1.29 is 0 Å². The average molecular weight is 410 g/mol. The molecule has 5 nitrogen and oxygen atoms in total. The third-order valence-electron chi connectivity index (χ3n) is 5.75. The van der Waals surface area contributed by atoms with E-state index in [1.165, 1.54) is 30.6 Å². The minimum atomic E-state index is 0.466. The van der Waals surface area contributed by atoms with Crippen LogP contribution < -0.4 is 15.5 Å². The Morgan fingerprint density at radius 1 is 1.03 bits per heavy atom. The monoisotopic (exact) mass is 409 g/mol. The fraction of sp³-hybridized carbons (Fsp3) is 0.478. The Kier molecular flexibility index (Phi) is 6.62. The molecule has 1 aliphatic rings. The molecule has 1 aromatic carbocycles. The number of thiophene rings is 1. The van der Waals surface area contributed by atoms with Crippen LogP contribution in [0.3, 0.4) is 0 Å². The molecule has 0 unspecified atom stereocenters. The smallest absolute Gasteiger partial charge is 0.225 e. The summed E-state index contributed by atoms with van der Waals surface area (Å²) in [7, 11) is 4.07. The molecule has 0 radical (unpaired) electrons. The van der Waals surface area contributed by atoms with E-state index in [9.17, 15) is 0 Å². The summed E-state index contributed by atoms with van der Waals surface area (Å²) in [6.07, 6.45) is 6.03. The summed E-state index contributed by atoms with van der Waals surface area (Å²) < 4.78 is 0. The number of nitrogens with one attached hydrogen (secondary N) is 2. The molecule has 2 aromatic heterocycles. The fourth-order valence-corrected chi connectivity index (χ4v) is 4.84. The van der Waals surface area contributed by atoms with Crippen molar-refractivity contribution in [2.75, 3.05) is 37.4 Å². The van der Waals surface area contributed by atoms with Gasteiger partial charge < -0.3 is 15.5 Å². The maximum Gasteiger partial charge on any atom is 0.225 e. The van der Waals surface area contributed by atoms with E-state index in [0.717, 1.165) is 48.1 Å². The van der Waals surface area contributed by atoms with Crippen molar-refractivity contribution in [3.05, 3.63) is 46.7 Å². The molecule has 0 aliphatic heterocycles. The predicted molar refractivity (Wildman–Crippen MR) is 124 cm³/mol. The van der Waals surface area contributed by atoms with E-state index in [1.54, 1.807) is 0 Å². The number of aromatic nitrogens is 2. The van der Waals surface area contributed by atoms with Crippen molar-refractivity contribution in [3.8, 4) is 0 Å². The zero-order chi connectivity index (χ0) is 20.1. The predicted octanol–water partition coefficient (Wildman–Crippen LogP) is 4.56. The number of nitrogens with zero attached hydrogens (tertiary/aromatic N) is 3. The molecule has 1 saturated carbocycles. The molecule has 0 atom stereocenters. The van der Waals surface area contributed by atoms with Gasteiger partial charge >= 0.3 is 0 Å². The lowest BCUT2D eigenvalue weighted by Gasteiger charge is -2.29. The van der Waals surface area contributed by atoms with Gasteiger partial charge in [-0.05, 0) is 74.7 Å². The van der Waals surface area contributed by atoms with Gasteiger partial charge in [0.25, 0.3) is 0 Å². The molecule has 0 bridgehead atoms. The minimum Gasteiger partial charge on any atom is -0.362 e. The van der Waals surface area contributed by atoms with E-state index in [4.69, 9.17) is 9.97 Å². The molecular weight excluding hydrogens is 378 g/mol. The number of benzene rings is 1. The Labute approximate surface area is 177 Å². The highest BCUT2D eigenvalue weighted by Gasteiger charge is 2.22. The third kappa shape index (κ3) is 5.25. The maximum atomic E-state index is 4.79. The van der Waals surface area contributed by atoms with Gasteiger partial charge in [-0.1, -0.05) is 18.2 Å². The number of hydrogen-bond donors (Lipinski definition) is 2. The molecule has 4 rings (SSSR count). The second-order valence-corrected chi connectivity index (χ2v) is 9.21. The molecule has 1 fully saturated rings. The Hall–Kier alpha value is -2.18. The van der Waals surface area contributed by atoms with E-state index >= 15 is 0 Å². The van der Waals surface area contributed by atoms with E-state index < -0.39 is 0 Å². The first kappa shape index (κ1) is 20.1. The van der Waals surface area contributed by atoms with Gasteiger partial charge in [0, 0.05) is 30.4 Å². The molecule has 2 heterocycles. The van der Waals surface area contributed by atoms with E-state index in [0.29, 0.717) is 6.04 Å². The SMILES string of the molecule is CN(C)c1nc(NC2CCC(CNCCc3cccs3)CC2)nc2ccccc12. The van der Waals surface area contributed by atoms with E-state index in [-0.39, 0.29) is 0 Å². The van der Waals surface area contributed by atoms with Gasteiger partial charge in [0.1, 0.15) is 5.82 Å². The first-order valence-electron chi connectivity index (χ1n) is 10.6. The van der Waals surface area contributed by atoms with Gasteiger partial charge in [-0.15, -0.1) is 11.3 Å². The number of para-hydroxylation sites is 1. The van der Waals surface area contributed by atoms with Crippen LogP contribution in [-0.4, -0.2) is 43.2 Å². The van der Waals surface area contributed by atoms with E-state index in [2.05, 4.69) is 45.2 Å². The van der Waals surface area contributed by atoms with Crippen molar-refractivity contribution in [1.29, 1.82) is 0 Å². The van der Waals surface area contributed by atoms with Crippen molar-refractivity contribution in [2.45, 2.75) is 38.1 Å². The van der Waals surface area contributed by atoms with Gasteiger partial charge in [0.2, 0.25) is 5.95 Å². The molecular formula is C23H31N5S. The van der Waals surface area contributed by atoms with Crippen molar-refractivity contribution in [2.24, 2.45) is 5.92 Å². The minimum absolute atomic E-state index is 0.466. The molecule has 0 saturated heterocycles. The van der Waals surface area contributed by atoms with Crippen LogP contribution in [0.25, 0.3) is 10.9 Å². The third-order valence-corrected chi connectivity index (χ3v) is 6.68. The summed E-state index contributed by atoms with van der Waals surface area (Å²) >= 11 is 1.85. The van der Waals surface area contributed by atoms with Crippen molar-refractivity contribution in [1.82, 2.24) is 15.3 Å². The number of fused-ring (bicyclic) bond motifs is 1.